The summed E-state index contributed by atoms with van der Waals surface area (Å²) >= 11 is 3.23. The number of benzene rings is 1. The number of sulfonamides is 1. The second-order valence-electron chi connectivity index (χ2n) is 3.07. The molecule has 1 aromatic heterocycles. The van der Waals surface area contributed by atoms with Gasteiger partial charge in [-0.05, 0) is 36.7 Å². The quantitative estimate of drug-likeness (QED) is 0.873. The van der Waals surface area contributed by atoms with Gasteiger partial charge in [-0.15, -0.1) is 0 Å². The van der Waals surface area contributed by atoms with E-state index >= 15 is 0 Å². The first kappa shape index (κ1) is 12.0. The second kappa shape index (κ2) is 4.80. The summed E-state index contributed by atoms with van der Waals surface area (Å²) in [6.07, 6.45) is 2.87. The van der Waals surface area contributed by atoms with Crippen LogP contribution in [0.2, 0.25) is 0 Å². The van der Waals surface area contributed by atoms with Crippen molar-refractivity contribution in [3.8, 4) is 0 Å². The molecule has 0 N–H and O–H groups in total. The number of rotatable bonds is 3. The van der Waals surface area contributed by atoms with Gasteiger partial charge in [0.25, 0.3) is 0 Å². The molecular formula is C10H7BrN3O2S-. The van der Waals surface area contributed by atoms with Gasteiger partial charge in [-0.2, -0.15) is 0 Å². The van der Waals surface area contributed by atoms with E-state index < -0.39 is 10.0 Å². The summed E-state index contributed by atoms with van der Waals surface area (Å²) in [5, 5.41) is 0. The molecule has 0 saturated heterocycles. The molecule has 0 atom stereocenters. The van der Waals surface area contributed by atoms with Gasteiger partial charge >= 0.3 is 0 Å². The number of nitrogens with zero attached hydrogens (tertiary/aromatic N) is 3. The van der Waals surface area contributed by atoms with Gasteiger partial charge in [-0.3, -0.25) is 4.72 Å². The lowest BCUT2D eigenvalue weighted by atomic mass is 10.4. The Balaban J connectivity index is 2.29. The third-order valence-electron chi connectivity index (χ3n) is 1.87. The van der Waals surface area contributed by atoms with Crippen molar-refractivity contribution in [1.29, 1.82) is 0 Å². The molecule has 0 aliphatic carbocycles. The summed E-state index contributed by atoms with van der Waals surface area (Å²) in [5.74, 6) is -0.0737. The van der Waals surface area contributed by atoms with Crippen LogP contribution in [-0.2, 0) is 10.0 Å². The van der Waals surface area contributed by atoms with Crippen LogP contribution in [0.1, 0.15) is 0 Å². The van der Waals surface area contributed by atoms with Gasteiger partial charge in [0.15, 0.2) is 0 Å². The fraction of sp³-hybridized carbons (Fsp3) is 0. The van der Waals surface area contributed by atoms with Crippen LogP contribution in [0, 0.1) is 0 Å². The molecule has 1 aromatic carbocycles. The molecule has 0 amide bonds. The highest BCUT2D eigenvalue weighted by atomic mass is 79.9. The predicted octanol–water partition coefficient (Wildman–Crippen LogP) is 2.63. The highest BCUT2D eigenvalue weighted by molar-refractivity contribution is 9.10. The minimum absolute atomic E-state index is 0.0737. The minimum Gasteiger partial charge on any atom is -0.366 e. The molecule has 2 aromatic rings. The van der Waals surface area contributed by atoms with Crippen molar-refractivity contribution in [2.45, 2.75) is 4.90 Å². The van der Waals surface area contributed by atoms with Crippen molar-refractivity contribution in [2.75, 3.05) is 0 Å². The Kier molecular flexibility index (Phi) is 3.39. The number of hydrogen-bond acceptors (Lipinski definition) is 4. The molecule has 0 unspecified atom stereocenters. The Bertz CT molecular complexity index is 599. The summed E-state index contributed by atoms with van der Waals surface area (Å²) in [6, 6.07) is 7.78. The van der Waals surface area contributed by atoms with Crippen LogP contribution in [0.25, 0.3) is 4.72 Å². The van der Waals surface area contributed by atoms with E-state index in [4.69, 9.17) is 0 Å². The molecule has 2 rings (SSSR count). The van der Waals surface area contributed by atoms with E-state index in [1.165, 1.54) is 24.5 Å². The van der Waals surface area contributed by atoms with Gasteiger partial charge in [-0.1, -0.05) is 22.0 Å². The van der Waals surface area contributed by atoms with Crippen molar-refractivity contribution in [3.05, 3.63) is 51.9 Å². The smallest absolute Gasteiger partial charge is 0.229 e. The van der Waals surface area contributed by atoms with Crippen LogP contribution in [0.3, 0.4) is 0 Å². The summed E-state index contributed by atoms with van der Waals surface area (Å²) in [6.45, 7) is 0. The Morgan fingerprint density at radius 1 is 1.06 bits per heavy atom. The molecule has 0 fully saturated rings. The van der Waals surface area contributed by atoms with Crippen molar-refractivity contribution >= 4 is 31.9 Å². The maximum Gasteiger partial charge on any atom is 0.229 e. The summed E-state index contributed by atoms with van der Waals surface area (Å²) in [7, 11) is -3.75. The second-order valence-corrected chi connectivity index (χ2v) is 5.59. The van der Waals surface area contributed by atoms with Gasteiger partial charge in [0.05, 0.1) is 4.90 Å². The van der Waals surface area contributed by atoms with Crippen LogP contribution in [-0.4, -0.2) is 18.4 Å². The molecule has 17 heavy (non-hydrogen) atoms. The van der Waals surface area contributed by atoms with Crippen LogP contribution >= 0.6 is 15.9 Å². The first-order chi connectivity index (χ1) is 8.08. The van der Waals surface area contributed by atoms with E-state index in [-0.39, 0.29) is 10.8 Å². The largest absolute Gasteiger partial charge is 0.366 e. The maximum absolute atomic E-state index is 11.9. The van der Waals surface area contributed by atoms with E-state index in [9.17, 15) is 8.42 Å². The summed E-state index contributed by atoms with van der Waals surface area (Å²) < 4.78 is 28.0. The highest BCUT2D eigenvalue weighted by Gasteiger charge is 2.10. The standard InChI is InChI=1S/C10H7BrN3O2S/c11-8-2-4-9(5-3-8)17(15,16)14-10-12-6-1-7-13-10/h1-7H/q-1. The topological polar surface area (TPSA) is 74.0 Å². The molecule has 0 saturated carbocycles. The predicted molar refractivity (Wildman–Crippen MR) is 66.4 cm³/mol. The highest BCUT2D eigenvalue weighted by Crippen LogP contribution is 2.24. The molecule has 5 nitrogen and oxygen atoms in total. The van der Waals surface area contributed by atoms with Crippen molar-refractivity contribution in [2.24, 2.45) is 0 Å². The zero-order chi connectivity index (χ0) is 12.3. The first-order valence-corrected chi connectivity index (χ1v) is 6.82. The van der Waals surface area contributed by atoms with Crippen molar-refractivity contribution < 1.29 is 8.42 Å². The van der Waals surface area contributed by atoms with E-state index in [0.29, 0.717) is 0 Å². The summed E-state index contributed by atoms with van der Waals surface area (Å²) in [4.78, 5) is 7.59. The molecule has 0 aliphatic rings. The van der Waals surface area contributed by atoms with Crippen molar-refractivity contribution in [3.63, 3.8) is 0 Å². The Hall–Kier alpha value is -1.47. The number of hydrogen-bond donors (Lipinski definition) is 0. The minimum atomic E-state index is -3.75. The van der Waals surface area contributed by atoms with Crippen LogP contribution in [0.15, 0.2) is 52.1 Å². The Morgan fingerprint density at radius 2 is 1.65 bits per heavy atom. The van der Waals surface area contributed by atoms with Gasteiger partial charge in [0, 0.05) is 10.4 Å². The lowest BCUT2D eigenvalue weighted by Gasteiger charge is -2.11. The molecule has 0 spiro atoms. The van der Waals surface area contributed by atoms with E-state index in [1.807, 2.05) is 0 Å². The molecule has 0 aliphatic heterocycles. The van der Waals surface area contributed by atoms with Crippen LogP contribution < -0.4 is 0 Å². The first-order valence-electron chi connectivity index (χ1n) is 4.58. The lowest BCUT2D eigenvalue weighted by molar-refractivity contribution is 0.603. The number of aromatic nitrogens is 2. The monoisotopic (exact) mass is 312 g/mol. The van der Waals surface area contributed by atoms with Crippen LogP contribution in [0.5, 0.6) is 0 Å². The third kappa shape index (κ3) is 3.01. The van der Waals surface area contributed by atoms with Crippen molar-refractivity contribution in [1.82, 2.24) is 9.97 Å². The third-order valence-corrected chi connectivity index (χ3v) is 3.67. The zero-order valence-electron chi connectivity index (χ0n) is 8.49. The Labute approximate surface area is 107 Å². The molecule has 0 radical (unpaired) electrons. The fourth-order valence-electron chi connectivity index (χ4n) is 1.11. The van der Waals surface area contributed by atoms with Gasteiger partial charge in [-0.25, -0.2) is 8.42 Å². The molecule has 7 heteroatoms. The molecule has 1 heterocycles. The molecule has 0 bridgehead atoms. The average Bonchev–Trinajstić information content (AvgIpc) is 2.30. The van der Waals surface area contributed by atoms with E-state index in [2.05, 4.69) is 30.6 Å². The van der Waals surface area contributed by atoms with E-state index in [1.54, 1.807) is 18.2 Å². The summed E-state index contributed by atoms with van der Waals surface area (Å²) in [5.41, 5.74) is 0. The van der Waals surface area contributed by atoms with Gasteiger partial charge in [0.2, 0.25) is 10.0 Å². The normalized spacial score (nSPS) is 11.1. The molecular weight excluding hydrogens is 306 g/mol. The van der Waals surface area contributed by atoms with Crippen LogP contribution in [0.4, 0.5) is 5.95 Å². The average molecular weight is 313 g/mol. The molecule has 88 valence electrons. The lowest BCUT2D eigenvalue weighted by Crippen LogP contribution is -1.98. The Morgan fingerprint density at radius 3 is 2.24 bits per heavy atom. The maximum atomic E-state index is 11.9. The fourth-order valence-corrected chi connectivity index (χ4v) is 2.26. The zero-order valence-corrected chi connectivity index (χ0v) is 10.9. The SMILES string of the molecule is O=S(=O)([N-]c1ncccn1)c1ccc(Br)cc1. The number of halogens is 1. The van der Waals surface area contributed by atoms with Gasteiger partial charge in [0.1, 0.15) is 0 Å². The van der Waals surface area contributed by atoms with E-state index in [0.717, 1.165) is 4.47 Å². The van der Waals surface area contributed by atoms with Gasteiger partial charge < -0.3 is 9.97 Å².